The summed E-state index contributed by atoms with van der Waals surface area (Å²) in [6.07, 6.45) is 0.157. The molecule has 0 aliphatic rings. The maximum Gasteiger partial charge on any atom is 0.271 e. The molecule has 0 aliphatic heterocycles. The summed E-state index contributed by atoms with van der Waals surface area (Å²) >= 11 is 12.6. The standard InChI is InChI=1S/C19H21Cl2FN2O3/c1-10(2)18-16(25)5-4-11(19(18)22)6-13-14(20)7-12(8-15(13)21)27-9-17(26)24-23-3/h4-5,7-8,10,23,25H,6,9H2,1-3H3,(H,24,26). The van der Waals surface area contributed by atoms with Gasteiger partial charge >= 0.3 is 0 Å². The molecule has 0 saturated carbocycles. The number of carbonyl (C=O) groups is 1. The van der Waals surface area contributed by atoms with E-state index in [0.29, 0.717) is 26.9 Å². The number of nitrogens with one attached hydrogen (secondary N) is 2. The number of benzene rings is 2. The van der Waals surface area contributed by atoms with Gasteiger partial charge in [0.1, 0.15) is 17.3 Å². The van der Waals surface area contributed by atoms with Crippen molar-refractivity contribution < 1.29 is 19.0 Å². The number of phenolic OH excluding ortho intramolecular Hbond substituents is 1. The van der Waals surface area contributed by atoms with Crippen molar-refractivity contribution in [1.29, 1.82) is 0 Å². The van der Waals surface area contributed by atoms with Crippen molar-refractivity contribution in [2.45, 2.75) is 26.2 Å². The zero-order valence-corrected chi connectivity index (χ0v) is 16.7. The molecule has 5 nitrogen and oxygen atoms in total. The summed E-state index contributed by atoms with van der Waals surface area (Å²) < 4.78 is 20.1. The number of rotatable bonds is 7. The number of phenols is 1. The highest BCUT2D eigenvalue weighted by Gasteiger charge is 2.18. The smallest absolute Gasteiger partial charge is 0.271 e. The summed E-state index contributed by atoms with van der Waals surface area (Å²) in [5.74, 6) is -0.751. The molecule has 0 aromatic heterocycles. The van der Waals surface area contributed by atoms with E-state index in [1.807, 2.05) is 0 Å². The minimum Gasteiger partial charge on any atom is -0.508 e. The largest absolute Gasteiger partial charge is 0.508 e. The average Bonchev–Trinajstić information content (AvgIpc) is 2.58. The molecule has 2 aromatic carbocycles. The Labute approximate surface area is 167 Å². The molecule has 1 amide bonds. The van der Waals surface area contributed by atoms with Gasteiger partial charge in [-0.3, -0.25) is 10.2 Å². The number of ether oxygens (including phenoxy) is 1. The number of hydrogen-bond acceptors (Lipinski definition) is 4. The Balaban J connectivity index is 2.25. The molecular formula is C19H21Cl2FN2O3. The van der Waals surface area contributed by atoms with Gasteiger partial charge in [0, 0.05) is 29.1 Å². The molecule has 2 aromatic rings. The maximum absolute atomic E-state index is 14.8. The fourth-order valence-electron chi connectivity index (χ4n) is 2.66. The first-order chi connectivity index (χ1) is 12.7. The zero-order valence-electron chi connectivity index (χ0n) is 15.2. The van der Waals surface area contributed by atoms with E-state index in [1.165, 1.54) is 24.3 Å². The van der Waals surface area contributed by atoms with Crippen LogP contribution >= 0.6 is 23.2 Å². The van der Waals surface area contributed by atoms with Crippen LogP contribution in [0.4, 0.5) is 4.39 Å². The average molecular weight is 415 g/mol. The summed E-state index contributed by atoms with van der Waals surface area (Å²) in [4.78, 5) is 11.4. The Morgan fingerprint density at radius 2 is 1.89 bits per heavy atom. The van der Waals surface area contributed by atoms with Crippen molar-refractivity contribution >= 4 is 29.1 Å². The second kappa shape index (κ2) is 9.26. The Hall–Kier alpha value is -2.02. The Kier molecular flexibility index (Phi) is 7.30. The van der Waals surface area contributed by atoms with Gasteiger partial charge in [0.2, 0.25) is 0 Å². The molecule has 3 N–H and O–H groups in total. The number of amides is 1. The zero-order chi connectivity index (χ0) is 20.1. The molecule has 0 atom stereocenters. The lowest BCUT2D eigenvalue weighted by Crippen LogP contribution is -2.37. The first-order valence-electron chi connectivity index (χ1n) is 8.31. The van der Waals surface area contributed by atoms with E-state index in [9.17, 15) is 14.3 Å². The Bertz CT molecular complexity index is 821. The van der Waals surface area contributed by atoms with E-state index in [-0.39, 0.29) is 36.2 Å². The van der Waals surface area contributed by atoms with Crippen molar-refractivity contribution in [2.75, 3.05) is 13.7 Å². The third-order valence-corrected chi connectivity index (χ3v) is 4.60. The van der Waals surface area contributed by atoms with Crippen LogP contribution in [-0.2, 0) is 11.2 Å². The molecule has 0 bridgehead atoms. The molecule has 0 fully saturated rings. The fourth-order valence-corrected chi connectivity index (χ4v) is 3.26. The lowest BCUT2D eigenvalue weighted by Gasteiger charge is -2.15. The molecule has 0 aliphatic carbocycles. The molecule has 146 valence electrons. The number of hydrazine groups is 1. The highest BCUT2D eigenvalue weighted by atomic mass is 35.5. The van der Waals surface area contributed by atoms with Crippen molar-refractivity contribution in [3.05, 3.63) is 56.8 Å². The van der Waals surface area contributed by atoms with Gasteiger partial charge < -0.3 is 9.84 Å². The summed E-state index contributed by atoms with van der Waals surface area (Å²) in [5, 5.41) is 10.5. The van der Waals surface area contributed by atoms with Crippen LogP contribution in [0, 0.1) is 5.82 Å². The lowest BCUT2D eigenvalue weighted by atomic mass is 9.95. The van der Waals surface area contributed by atoms with Crippen molar-refractivity contribution in [3.63, 3.8) is 0 Å². The fraction of sp³-hybridized carbons (Fsp3) is 0.316. The molecule has 0 radical (unpaired) electrons. The number of carbonyl (C=O) groups excluding carboxylic acids is 1. The van der Waals surface area contributed by atoms with Crippen LogP contribution in [0.15, 0.2) is 24.3 Å². The predicted molar refractivity (Wildman–Crippen MR) is 104 cm³/mol. The van der Waals surface area contributed by atoms with Crippen LogP contribution in [0.5, 0.6) is 11.5 Å². The van der Waals surface area contributed by atoms with Crippen molar-refractivity contribution in [1.82, 2.24) is 10.9 Å². The van der Waals surface area contributed by atoms with E-state index in [0.717, 1.165) is 0 Å². The van der Waals surface area contributed by atoms with Crippen LogP contribution in [-0.4, -0.2) is 24.7 Å². The molecule has 0 heterocycles. The normalized spacial score (nSPS) is 10.9. The number of aromatic hydroxyl groups is 1. The maximum atomic E-state index is 14.8. The Morgan fingerprint density at radius 3 is 2.44 bits per heavy atom. The minimum absolute atomic E-state index is 0.0768. The number of halogens is 3. The third-order valence-electron chi connectivity index (χ3n) is 3.93. The van der Waals surface area contributed by atoms with E-state index in [4.69, 9.17) is 27.9 Å². The molecule has 0 spiro atoms. The van der Waals surface area contributed by atoms with E-state index in [1.54, 1.807) is 20.9 Å². The summed E-state index contributed by atoms with van der Waals surface area (Å²) in [6.45, 7) is 3.40. The first-order valence-corrected chi connectivity index (χ1v) is 9.06. The molecule has 27 heavy (non-hydrogen) atoms. The quantitative estimate of drug-likeness (QED) is 0.594. The third kappa shape index (κ3) is 5.25. The summed E-state index contributed by atoms with van der Waals surface area (Å²) in [5.41, 5.74) is 6.04. The highest BCUT2D eigenvalue weighted by Crippen LogP contribution is 2.35. The van der Waals surface area contributed by atoms with Crippen LogP contribution in [0.2, 0.25) is 10.0 Å². The topological polar surface area (TPSA) is 70.6 Å². The van der Waals surface area contributed by atoms with Crippen LogP contribution < -0.4 is 15.6 Å². The van der Waals surface area contributed by atoms with E-state index >= 15 is 0 Å². The van der Waals surface area contributed by atoms with Gasteiger partial charge in [-0.25, -0.2) is 9.82 Å². The van der Waals surface area contributed by atoms with Gasteiger partial charge in [0.25, 0.3) is 5.91 Å². The summed E-state index contributed by atoms with van der Waals surface area (Å²) in [7, 11) is 1.56. The van der Waals surface area contributed by atoms with Crippen LogP contribution in [0.25, 0.3) is 0 Å². The van der Waals surface area contributed by atoms with Gasteiger partial charge in [0.15, 0.2) is 6.61 Å². The molecule has 0 unspecified atom stereocenters. The molecule has 8 heteroatoms. The SMILES string of the molecule is CNNC(=O)COc1cc(Cl)c(Cc2ccc(O)c(C(C)C)c2F)c(Cl)c1. The molecule has 0 saturated heterocycles. The van der Waals surface area contributed by atoms with Gasteiger partial charge in [-0.05, 0) is 35.2 Å². The van der Waals surface area contributed by atoms with Crippen molar-refractivity contribution in [2.24, 2.45) is 0 Å². The number of hydrogen-bond donors (Lipinski definition) is 3. The molecular weight excluding hydrogens is 394 g/mol. The van der Waals surface area contributed by atoms with E-state index in [2.05, 4.69) is 10.9 Å². The first kappa shape index (κ1) is 21.3. The van der Waals surface area contributed by atoms with Gasteiger partial charge in [-0.15, -0.1) is 0 Å². The molecule has 2 rings (SSSR count). The predicted octanol–water partition coefficient (Wildman–Crippen LogP) is 4.18. The Morgan fingerprint density at radius 1 is 1.26 bits per heavy atom. The van der Waals surface area contributed by atoms with Gasteiger partial charge in [-0.1, -0.05) is 43.1 Å². The van der Waals surface area contributed by atoms with Crippen molar-refractivity contribution in [3.8, 4) is 11.5 Å². The monoisotopic (exact) mass is 414 g/mol. The lowest BCUT2D eigenvalue weighted by molar-refractivity contribution is -0.123. The van der Waals surface area contributed by atoms with Gasteiger partial charge in [0.05, 0.1) is 0 Å². The second-order valence-electron chi connectivity index (χ2n) is 6.26. The second-order valence-corrected chi connectivity index (χ2v) is 7.07. The van der Waals surface area contributed by atoms with Crippen LogP contribution in [0.3, 0.4) is 0 Å². The van der Waals surface area contributed by atoms with E-state index < -0.39 is 5.82 Å². The minimum atomic E-state index is -0.471. The van der Waals surface area contributed by atoms with Gasteiger partial charge in [-0.2, -0.15) is 0 Å². The summed E-state index contributed by atoms with van der Waals surface area (Å²) in [6, 6.07) is 6.03. The van der Waals surface area contributed by atoms with Crippen LogP contribution in [0.1, 0.15) is 36.5 Å². The highest BCUT2D eigenvalue weighted by molar-refractivity contribution is 6.36.